The maximum atomic E-state index is 12.5. The smallest absolute Gasteiger partial charge is 0.281 e. The van der Waals surface area contributed by atoms with Gasteiger partial charge in [0.1, 0.15) is 6.10 Å². The molecule has 3 rings (SSSR count). The molecule has 2 atom stereocenters. The van der Waals surface area contributed by atoms with E-state index in [1.807, 2.05) is 30.3 Å². The van der Waals surface area contributed by atoms with Crippen molar-refractivity contribution in [3.05, 3.63) is 35.9 Å². The van der Waals surface area contributed by atoms with Crippen molar-refractivity contribution in [2.24, 2.45) is 0 Å². The molecule has 2 aliphatic rings. The second-order valence-electron chi connectivity index (χ2n) is 6.70. The number of nitrogens with zero attached hydrogens (tertiary/aromatic N) is 2. The van der Waals surface area contributed by atoms with Crippen molar-refractivity contribution in [2.75, 3.05) is 33.8 Å². The minimum absolute atomic E-state index is 0.247. The van der Waals surface area contributed by atoms with Crippen LogP contribution in [0.2, 0.25) is 0 Å². The third-order valence-corrected chi connectivity index (χ3v) is 6.86. The maximum Gasteiger partial charge on any atom is 0.281 e. The van der Waals surface area contributed by atoms with Crippen LogP contribution in [0.15, 0.2) is 30.3 Å². The van der Waals surface area contributed by atoms with Crippen molar-refractivity contribution < 1.29 is 17.9 Å². The topological polar surface area (TPSA) is 59.1 Å². The quantitative estimate of drug-likeness (QED) is 0.806. The molecule has 2 aliphatic heterocycles. The van der Waals surface area contributed by atoms with Crippen LogP contribution in [0.4, 0.5) is 0 Å². The first-order chi connectivity index (χ1) is 11.4. The van der Waals surface area contributed by atoms with E-state index >= 15 is 0 Å². The van der Waals surface area contributed by atoms with Crippen molar-refractivity contribution in [3.8, 4) is 0 Å². The van der Waals surface area contributed by atoms with Crippen LogP contribution in [0.25, 0.3) is 0 Å². The lowest BCUT2D eigenvalue weighted by molar-refractivity contribution is -0.149. The Morgan fingerprint density at radius 3 is 2.67 bits per heavy atom. The molecular weight excluding hydrogens is 328 g/mol. The summed E-state index contributed by atoms with van der Waals surface area (Å²) in [6.45, 7) is 2.01. The molecule has 6 nitrogen and oxygen atoms in total. The third-order valence-electron chi connectivity index (χ3n) is 4.96. The van der Waals surface area contributed by atoms with Gasteiger partial charge in [0.2, 0.25) is 0 Å². The van der Waals surface area contributed by atoms with Crippen LogP contribution in [-0.2, 0) is 26.3 Å². The van der Waals surface area contributed by atoms with E-state index in [1.54, 1.807) is 14.1 Å². The number of ether oxygens (including phenoxy) is 2. The number of hydrogen-bond donors (Lipinski definition) is 0. The lowest BCUT2D eigenvalue weighted by Crippen LogP contribution is -2.58. The van der Waals surface area contributed by atoms with Crippen LogP contribution >= 0.6 is 0 Å². The van der Waals surface area contributed by atoms with Crippen LogP contribution in [0.3, 0.4) is 0 Å². The molecule has 0 aromatic heterocycles. The molecule has 1 spiro atoms. The highest BCUT2D eigenvalue weighted by Gasteiger charge is 2.49. The first-order valence-corrected chi connectivity index (χ1v) is 9.81. The third kappa shape index (κ3) is 3.50. The van der Waals surface area contributed by atoms with Crippen molar-refractivity contribution in [1.82, 2.24) is 8.61 Å². The molecule has 0 bridgehead atoms. The average Bonchev–Trinajstić information content (AvgIpc) is 3.04. The van der Waals surface area contributed by atoms with Gasteiger partial charge in [0.15, 0.2) is 0 Å². The zero-order valence-electron chi connectivity index (χ0n) is 14.3. The molecule has 0 N–H and O–H groups in total. The second-order valence-corrected chi connectivity index (χ2v) is 8.84. The SMILES string of the molecule is CN(C)S(=O)(=O)N1CC[C@@]2(CCCO2)[C@@H](OCc2ccccc2)C1. The molecule has 2 saturated heterocycles. The minimum Gasteiger partial charge on any atom is -0.372 e. The summed E-state index contributed by atoms with van der Waals surface area (Å²) in [6, 6.07) is 9.95. The number of hydrogen-bond acceptors (Lipinski definition) is 4. The molecule has 0 aliphatic carbocycles. The molecule has 0 saturated carbocycles. The van der Waals surface area contributed by atoms with Crippen molar-refractivity contribution in [1.29, 1.82) is 0 Å². The van der Waals surface area contributed by atoms with Crippen molar-refractivity contribution >= 4 is 10.2 Å². The summed E-state index contributed by atoms with van der Waals surface area (Å²) < 4.78 is 39.9. The van der Waals surface area contributed by atoms with E-state index in [9.17, 15) is 8.42 Å². The van der Waals surface area contributed by atoms with Gasteiger partial charge < -0.3 is 9.47 Å². The summed E-state index contributed by atoms with van der Waals surface area (Å²) in [4.78, 5) is 0. The predicted molar refractivity (Wildman–Crippen MR) is 91.7 cm³/mol. The second kappa shape index (κ2) is 7.09. The maximum absolute atomic E-state index is 12.5. The molecule has 0 amide bonds. The zero-order valence-corrected chi connectivity index (χ0v) is 15.2. The van der Waals surface area contributed by atoms with Crippen LogP contribution in [-0.4, -0.2) is 62.5 Å². The Labute approximate surface area is 144 Å². The molecule has 134 valence electrons. The average molecular weight is 354 g/mol. The van der Waals surface area contributed by atoms with Gasteiger partial charge in [0, 0.05) is 33.8 Å². The highest BCUT2D eigenvalue weighted by Crippen LogP contribution is 2.38. The Bertz CT molecular complexity index is 642. The molecular formula is C17H26N2O4S. The van der Waals surface area contributed by atoms with Gasteiger partial charge in [-0.25, -0.2) is 0 Å². The molecule has 0 unspecified atom stereocenters. The standard InChI is InChI=1S/C17H26N2O4S/c1-18(2)24(20,21)19-11-10-17(9-6-12-23-17)16(13-19)22-14-15-7-4-3-5-8-15/h3-5,7-8,16H,6,9-14H2,1-2H3/t16-,17-/m0/s1. The lowest BCUT2D eigenvalue weighted by Gasteiger charge is -2.44. The molecule has 24 heavy (non-hydrogen) atoms. The number of rotatable bonds is 5. The largest absolute Gasteiger partial charge is 0.372 e. The molecule has 1 aromatic carbocycles. The number of piperidine rings is 1. The van der Waals surface area contributed by atoms with Crippen molar-refractivity contribution in [3.63, 3.8) is 0 Å². The fourth-order valence-electron chi connectivity index (χ4n) is 3.50. The van der Waals surface area contributed by atoms with Crippen LogP contribution in [0.1, 0.15) is 24.8 Å². The highest BCUT2D eigenvalue weighted by atomic mass is 32.2. The fraction of sp³-hybridized carbons (Fsp3) is 0.647. The zero-order chi connectivity index (χ0) is 17.2. The summed E-state index contributed by atoms with van der Waals surface area (Å²) in [6.07, 6.45) is 2.37. The fourth-order valence-corrected chi connectivity index (χ4v) is 4.61. The summed E-state index contributed by atoms with van der Waals surface area (Å²) >= 11 is 0. The highest BCUT2D eigenvalue weighted by molar-refractivity contribution is 7.86. The molecule has 7 heteroatoms. The summed E-state index contributed by atoms with van der Waals surface area (Å²) in [5, 5.41) is 0. The first kappa shape index (κ1) is 17.8. The Balaban J connectivity index is 1.75. The summed E-state index contributed by atoms with van der Waals surface area (Å²) in [5.41, 5.74) is 0.742. The van der Waals surface area contributed by atoms with Gasteiger partial charge in [-0.05, 0) is 24.8 Å². The molecule has 1 aromatic rings. The van der Waals surface area contributed by atoms with Gasteiger partial charge in [-0.2, -0.15) is 17.0 Å². The Kier molecular flexibility index (Phi) is 5.27. The Morgan fingerprint density at radius 2 is 2.04 bits per heavy atom. The summed E-state index contributed by atoms with van der Waals surface area (Å²) in [5.74, 6) is 0. The molecule has 2 heterocycles. The Hall–Kier alpha value is -0.990. The van der Waals surface area contributed by atoms with Gasteiger partial charge in [0.05, 0.1) is 12.2 Å². The van der Waals surface area contributed by atoms with Crippen LogP contribution in [0, 0.1) is 0 Å². The van der Waals surface area contributed by atoms with E-state index in [-0.39, 0.29) is 11.7 Å². The van der Waals surface area contributed by atoms with Gasteiger partial charge in [-0.1, -0.05) is 30.3 Å². The number of benzene rings is 1. The van der Waals surface area contributed by atoms with Gasteiger partial charge in [0.25, 0.3) is 10.2 Å². The van der Waals surface area contributed by atoms with Crippen LogP contribution in [0.5, 0.6) is 0 Å². The van der Waals surface area contributed by atoms with E-state index in [0.29, 0.717) is 26.1 Å². The van der Waals surface area contributed by atoms with Gasteiger partial charge in [-0.3, -0.25) is 0 Å². The van der Waals surface area contributed by atoms with E-state index < -0.39 is 10.2 Å². The van der Waals surface area contributed by atoms with Crippen molar-refractivity contribution in [2.45, 2.75) is 37.6 Å². The first-order valence-electron chi connectivity index (χ1n) is 8.41. The predicted octanol–water partition coefficient (Wildman–Crippen LogP) is 1.63. The van der Waals surface area contributed by atoms with E-state index in [0.717, 1.165) is 25.0 Å². The Morgan fingerprint density at radius 1 is 1.29 bits per heavy atom. The minimum atomic E-state index is -3.43. The lowest BCUT2D eigenvalue weighted by atomic mass is 9.86. The molecule has 2 fully saturated rings. The normalized spacial score (nSPS) is 28.7. The van der Waals surface area contributed by atoms with Gasteiger partial charge >= 0.3 is 0 Å². The summed E-state index contributed by atoms with van der Waals surface area (Å²) in [7, 11) is -0.309. The van der Waals surface area contributed by atoms with Gasteiger partial charge in [-0.15, -0.1) is 0 Å². The molecule has 0 radical (unpaired) electrons. The van der Waals surface area contributed by atoms with E-state index in [2.05, 4.69) is 0 Å². The monoisotopic (exact) mass is 354 g/mol. The van der Waals surface area contributed by atoms with Crippen LogP contribution < -0.4 is 0 Å². The van der Waals surface area contributed by atoms with E-state index in [4.69, 9.17) is 9.47 Å². The van der Waals surface area contributed by atoms with E-state index in [1.165, 1.54) is 8.61 Å².